The van der Waals surface area contributed by atoms with Gasteiger partial charge in [0.2, 0.25) is 0 Å². The SMILES string of the molecule is CCCCC(CCCC)C(=O)[O][SnH]=[O]. The van der Waals surface area contributed by atoms with Gasteiger partial charge in [-0.25, -0.2) is 0 Å². The summed E-state index contributed by atoms with van der Waals surface area (Å²) in [5.41, 5.74) is 0. The molecule has 0 aliphatic rings. The minimum atomic E-state index is -2.22. The Balaban J connectivity index is 3.93. The van der Waals surface area contributed by atoms with Gasteiger partial charge >= 0.3 is 96.7 Å². The molecule has 0 spiro atoms. The first-order chi connectivity index (χ1) is 6.76. The van der Waals surface area contributed by atoms with Crippen LogP contribution < -0.4 is 0 Å². The predicted molar refractivity (Wildman–Crippen MR) is 56.5 cm³/mol. The van der Waals surface area contributed by atoms with Gasteiger partial charge < -0.3 is 0 Å². The zero-order valence-electron chi connectivity index (χ0n) is 9.12. The van der Waals surface area contributed by atoms with Crippen LogP contribution in [0.2, 0.25) is 0 Å². The van der Waals surface area contributed by atoms with Crippen molar-refractivity contribution in [3.05, 3.63) is 0 Å². The summed E-state index contributed by atoms with van der Waals surface area (Å²) in [6.07, 6.45) is 6.06. The van der Waals surface area contributed by atoms with E-state index in [1.165, 1.54) is 0 Å². The normalized spacial score (nSPS) is 10.2. The van der Waals surface area contributed by atoms with E-state index in [1.54, 1.807) is 0 Å². The van der Waals surface area contributed by atoms with Crippen molar-refractivity contribution < 1.29 is 10.9 Å². The van der Waals surface area contributed by atoms with Crippen molar-refractivity contribution in [1.82, 2.24) is 0 Å². The molecule has 0 amide bonds. The van der Waals surface area contributed by atoms with Gasteiger partial charge in [0.15, 0.2) is 0 Å². The van der Waals surface area contributed by atoms with Gasteiger partial charge in [-0.2, -0.15) is 0 Å². The molecule has 0 heterocycles. The van der Waals surface area contributed by atoms with Crippen LogP contribution in [-0.4, -0.2) is 27.5 Å². The first-order valence-corrected chi connectivity index (χ1v) is 8.09. The van der Waals surface area contributed by atoms with E-state index in [9.17, 15) is 7.87 Å². The third kappa shape index (κ3) is 6.51. The molecule has 0 unspecified atom stereocenters. The fraction of sp³-hybridized carbons (Fsp3) is 0.900. The second kappa shape index (κ2) is 9.62. The number of carbonyl (C=O) groups excluding carboxylic acids is 1. The summed E-state index contributed by atoms with van der Waals surface area (Å²) in [4.78, 5) is 11.4. The van der Waals surface area contributed by atoms with Crippen LogP contribution in [0.3, 0.4) is 0 Å². The molecule has 0 aromatic heterocycles. The molecule has 0 saturated heterocycles. The molecule has 0 atom stereocenters. The van der Waals surface area contributed by atoms with Crippen molar-refractivity contribution in [3.8, 4) is 0 Å². The molecule has 0 rings (SSSR count). The number of hydrogen-bond acceptors (Lipinski definition) is 3. The molecule has 0 bridgehead atoms. The number of carbonyl (C=O) groups is 1. The monoisotopic (exact) mass is 308 g/mol. The first-order valence-electron chi connectivity index (χ1n) is 5.40. The van der Waals surface area contributed by atoms with Crippen molar-refractivity contribution in [3.63, 3.8) is 0 Å². The number of hydrogen-bond donors (Lipinski definition) is 0. The minimum absolute atomic E-state index is 0.00449. The maximum absolute atomic E-state index is 11.4. The Morgan fingerprint density at radius 1 is 1.21 bits per heavy atom. The van der Waals surface area contributed by atoms with Crippen molar-refractivity contribution in [2.75, 3.05) is 0 Å². The van der Waals surface area contributed by atoms with Crippen LogP contribution in [0.15, 0.2) is 0 Å². The summed E-state index contributed by atoms with van der Waals surface area (Å²) < 4.78 is 15.0. The van der Waals surface area contributed by atoms with Crippen LogP contribution in [0, 0.1) is 5.92 Å². The van der Waals surface area contributed by atoms with E-state index >= 15 is 0 Å². The molecule has 0 fully saturated rings. The Morgan fingerprint density at radius 2 is 1.71 bits per heavy atom. The first kappa shape index (κ1) is 14.1. The summed E-state index contributed by atoms with van der Waals surface area (Å²) >= 11 is -2.22. The molecule has 3 nitrogen and oxygen atoms in total. The standard InChI is InChI=1S/C10H20O2.O.Sn.H/c1-3-5-7-9(10(11)12)8-6-4-2;;;/h9H,3-8H2,1-2H3,(H,11,12);;;/q;;+1;/p-1. The second-order valence-corrected chi connectivity index (χ2v) is 4.74. The topological polar surface area (TPSA) is 43.4 Å². The van der Waals surface area contributed by atoms with Crippen LogP contribution in [0.25, 0.3) is 0 Å². The van der Waals surface area contributed by atoms with Crippen molar-refractivity contribution >= 4 is 27.5 Å². The van der Waals surface area contributed by atoms with E-state index < -0.39 is 21.5 Å². The van der Waals surface area contributed by atoms with Gasteiger partial charge in [-0.05, 0) is 0 Å². The Kier molecular flexibility index (Phi) is 9.66. The van der Waals surface area contributed by atoms with Crippen LogP contribution in [0.5, 0.6) is 0 Å². The zero-order valence-corrected chi connectivity index (χ0v) is 12.4. The molecule has 82 valence electrons. The van der Waals surface area contributed by atoms with Crippen molar-refractivity contribution in [2.45, 2.75) is 52.4 Å². The van der Waals surface area contributed by atoms with Gasteiger partial charge in [0.25, 0.3) is 0 Å². The molecule has 0 saturated carbocycles. The van der Waals surface area contributed by atoms with Gasteiger partial charge in [0, 0.05) is 0 Å². The molecule has 4 heteroatoms. The fourth-order valence-corrected chi connectivity index (χ4v) is 2.24. The van der Waals surface area contributed by atoms with Gasteiger partial charge in [0.05, 0.1) is 0 Å². The quantitative estimate of drug-likeness (QED) is 0.646. The number of unbranched alkanes of at least 4 members (excludes halogenated alkanes) is 2. The van der Waals surface area contributed by atoms with Gasteiger partial charge in [-0.15, -0.1) is 0 Å². The summed E-state index contributed by atoms with van der Waals surface area (Å²) in [5, 5.41) is 0. The van der Waals surface area contributed by atoms with E-state index in [2.05, 4.69) is 13.8 Å². The summed E-state index contributed by atoms with van der Waals surface area (Å²) in [5.74, 6) is -0.224. The molecule has 0 aliphatic heterocycles. The van der Waals surface area contributed by atoms with E-state index in [1.807, 2.05) is 0 Å². The number of rotatable bonds is 8. The van der Waals surface area contributed by atoms with E-state index in [0.29, 0.717) is 0 Å². The second-order valence-electron chi connectivity index (χ2n) is 3.51. The molecule has 14 heavy (non-hydrogen) atoms. The molecule has 0 aliphatic carbocycles. The average molecular weight is 307 g/mol. The molecule has 0 radical (unpaired) electrons. The maximum atomic E-state index is 11.4. The van der Waals surface area contributed by atoms with Crippen LogP contribution in [-0.2, 0) is 10.9 Å². The molecule has 0 aromatic rings. The van der Waals surface area contributed by atoms with E-state index in [0.717, 1.165) is 38.5 Å². The Labute approximate surface area is 96.7 Å². The molecule has 0 aromatic carbocycles. The Morgan fingerprint density at radius 3 is 2.07 bits per heavy atom. The van der Waals surface area contributed by atoms with Gasteiger partial charge in [-0.1, -0.05) is 0 Å². The third-order valence-corrected chi connectivity index (χ3v) is 3.25. The molecule has 0 N–H and O–H groups in total. The Hall–Kier alpha value is 0.0687. The Bertz CT molecular complexity index is 163. The van der Waals surface area contributed by atoms with Gasteiger partial charge in [-0.3, -0.25) is 0 Å². The van der Waals surface area contributed by atoms with E-state index in [-0.39, 0.29) is 11.9 Å². The van der Waals surface area contributed by atoms with Crippen LogP contribution >= 0.6 is 0 Å². The average Bonchev–Trinajstić information content (AvgIpc) is 2.18. The van der Waals surface area contributed by atoms with Crippen LogP contribution in [0.1, 0.15) is 52.4 Å². The molecular formula is C10H20O3Sn. The molecular weight excluding hydrogens is 287 g/mol. The van der Waals surface area contributed by atoms with E-state index in [4.69, 9.17) is 3.07 Å². The summed E-state index contributed by atoms with van der Waals surface area (Å²) in [6.45, 7) is 4.21. The van der Waals surface area contributed by atoms with Gasteiger partial charge in [0.1, 0.15) is 0 Å². The third-order valence-electron chi connectivity index (χ3n) is 2.31. The predicted octanol–water partition coefficient (Wildman–Crippen LogP) is 2.22. The van der Waals surface area contributed by atoms with Crippen molar-refractivity contribution in [1.29, 1.82) is 0 Å². The van der Waals surface area contributed by atoms with Crippen LogP contribution in [0.4, 0.5) is 0 Å². The summed E-state index contributed by atoms with van der Waals surface area (Å²) in [7, 11) is 0. The van der Waals surface area contributed by atoms with Crippen molar-refractivity contribution in [2.24, 2.45) is 5.92 Å². The fourth-order valence-electron chi connectivity index (χ4n) is 1.42. The zero-order chi connectivity index (χ0) is 10.8. The summed E-state index contributed by atoms with van der Waals surface area (Å²) in [6, 6.07) is 0.